The van der Waals surface area contributed by atoms with Crippen molar-refractivity contribution in [2.75, 3.05) is 0 Å². The predicted molar refractivity (Wildman–Crippen MR) is 164 cm³/mol. The Hall–Kier alpha value is -4.54. The first-order valence-electron chi connectivity index (χ1n) is 12.4. The number of halogens is 2. The van der Waals surface area contributed by atoms with E-state index in [1.54, 1.807) is 54.7 Å². The maximum atomic E-state index is 13.5. The maximum Gasteiger partial charge on any atom is 0.335 e. The Morgan fingerprint density at radius 1 is 1.00 bits per heavy atom. The molecule has 0 radical (unpaired) electrons. The molecule has 0 spiro atoms. The van der Waals surface area contributed by atoms with E-state index in [9.17, 15) is 14.7 Å². The average molecular weight is 673 g/mol. The van der Waals surface area contributed by atoms with Gasteiger partial charge in [-0.3, -0.25) is 4.79 Å². The molecule has 0 saturated carbocycles. The summed E-state index contributed by atoms with van der Waals surface area (Å²) in [6, 6.07) is 26.6. The van der Waals surface area contributed by atoms with Crippen LogP contribution in [-0.4, -0.2) is 27.0 Å². The number of benzene rings is 4. The molecule has 0 atom stereocenters. The van der Waals surface area contributed by atoms with E-state index in [1.165, 1.54) is 10.7 Å². The lowest BCUT2D eigenvalue weighted by Gasteiger charge is -2.10. The summed E-state index contributed by atoms with van der Waals surface area (Å²) >= 11 is 7.01. The second-order valence-corrected chi connectivity index (χ2v) is 10.9. The lowest BCUT2D eigenvalue weighted by atomic mass is 10.1. The van der Waals surface area contributed by atoms with Crippen LogP contribution in [0.25, 0.3) is 33.5 Å². The van der Waals surface area contributed by atoms with Crippen LogP contribution in [0.2, 0.25) is 0 Å². The molecular formula is C31H19Br2N3O5. The minimum atomic E-state index is -0.992. The van der Waals surface area contributed by atoms with Gasteiger partial charge in [0.05, 0.1) is 27.2 Å². The number of furan rings is 1. The van der Waals surface area contributed by atoms with Crippen LogP contribution in [-0.2, 0) is 6.61 Å². The number of carbonyl (C=O) groups is 1. The number of ether oxygens (including phenoxy) is 1. The maximum absolute atomic E-state index is 13.5. The Kier molecular flexibility index (Phi) is 7.25. The molecule has 2 aromatic heterocycles. The zero-order chi connectivity index (χ0) is 28.5. The van der Waals surface area contributed by atoms with Gasteiger partial charge in [0, 0.05) is 9.86 Å². The molecule has 0 unspecified atom stereocenters. The second-order valence-electron chi connectivity index (χ2n) is 9.09. The molecule has 0 aliphatic heterocycles. The minimum absolute atomic E-state index is 0.197. The van der Waals surface area contributed by atoms with Crippen LogP contribution in [0, 0.1) is 0 Å². The molecule has 2 heterocycles. The number of carboxylic acids is 1. The van der Waals surface area contributed by atoms with Gasteiger partial charge in [-0.15, -0.1) is 0 Å². The summed E-state index contributed by atoms with van der Waals surface area (Å²) in [7, 11) is 0. The number of rotatable bonds is 7. The molecule has 4 aromatic carbocycles. The fourth-order valence-corrected chi connectivity index (χ4v) is 5.20. The van der Waals surface area contributed by atoms with E-state index >= 15 is 0 Å². The standard InChI is InChI=1S/C31H19Br2N3O5/c32-22-9-11-26-21(14-22)15-28(41-26)29-35-25-7-2-1-6-23(25)30(37)36(29)34-16-18-8-10-27(24(33)13-18)40-17-19-4-3-5-20(12-19)31(38)39/h1-16H,17H2,(H,38,39). The highest BCUT2D eigenvalue weighted by atomic mass is 79.9. The largest absolute Gasteiger partial charge is 0.488 e. The molecule has 0 aliphatic rings. The summed E-state index contributed by atoms with van der Waals surface area (Å²) in [5.41, 5.74) is 2.51. The lowest BCUT2D eigenvalue weighted by Crippen LogP contribution is -2.20. The van der Waals surface area contributed by atoms with Gasteiger partial charge in [-0.05, 0) is 93.8 Å². The van der Waals surface area contributed by atoms with Crippen LogP contribution in [0.4, 0.5) is 0 Å². The molecular weight excluding hydrogens is 654 g/mol. The van der Waals surface area contributed by atoms with Crippen molar-refractivity contribution >= 4 is 65.9 Å². The number of aromatic nitrogens is 2. The van der Waals surface area contributed by atoms with Gasteiger partial charge in [0.1, 0.15) is 17.9 Å². The Labute approximate surface area is 249 Å². The third-order valence-corrected chi connectivity index (χ3v) is 7.41. The van der Waals surface area contributed by atoms with E-state index in [0.29, 0.717) is 38.0 Å². The van der Waals surface area contributed by atoms with Crippen molar-refractivity contribution < 1.29 is 19.1 Å². The summed E-state index contributed by atoms with van der Waals surface area (Å²) in [5, 5.41) is 15.0. The van der Waals surface area contributed by atoms with Crippen molar-refractivity contribution in [3.05, 3.63) is 127 Å². The predicted octanol–water partition coefficient (Wildman–Crippen LogP) is 7.49. The Morgan fingerprint density at radius 2 is 1.85 bits per heavy atom. The SMILES string of the molecule is O=C(O)c1cccc(COc2ccc(C=Nn3c(-c4cc5cc(Br)ccc5o4)nc4ccccc4c3=O)cc2Br)c1. The molecule has 0 bridgehead atoms. The number of aromatic carboxylic acids is 1. The first kappa shape index (κ1) is 26.7. The Balaban J connectivity index is 1.32. The molecule has 1 N–H and O–H groups in total. The van der Waals surface area contributed by atoms with Gasteiger partial charge >= 0.3 is 5.97 Å². The highest BCUT2D eigenvalue weighted by Gasteiger charge is 2.17. The molecule has 0 fully saturated rings. The summed E-state index contributed by atoms with van der Waals surface area (Å²) in [6.07, 6.45) is 1.56. The Morgan fingerprint density at radius 3 is 2.68 bits per heavy atom. The lowest BCUT2D eigenvalue weighted by molar-refractivity contribution is 0.0696. The highest BCUT2D eigenvalue weighted by molar-refractivity contribution is 9.10. The van der Waals surface area contributed by atoms with Crippen molar-refractivity contribution in [3.63, 3.8) is 0 Å². The average Bonchev–Trinajstić information content (AvgIpc) is 3.39. The van der Waals surface area contributed by atoms with Gasteiger partial charge in [0.2, 0.25) is 5.82 Å². The van der Waals surface area contributed by atoms with Crippen molar-refractivity contribution in [3.8, 4) is 17.3 Å². The van der Waals surface area contributed by atoms with Gasteiger partial charge in [0.25, 0.3) is 5.56 Å². The van der Waals surface area contributed by atoms with Gasteiger partial charge in [0.15, 0.2) is 5.76 Å². The minimum Gasteiger partial charge on any atom is -0.488 e. The van der Waals surface area contributed by atoms with Gasteiger partial charge < -0.3 is 14.3 Å². The van der Waals surface area contributed by atoms with Crippen LogP contribution < -0.4 is 10.3 Å². The third kappa shape index (κ3) is 5.57. The first-order valence-corrected chi connectivity index (χ1v) is 13.9. The van der Waals surface area contributed by atoms with Gasteiger partial charge in [-0.25, -0.2) is 9.78 Å². The molecule has 202 valence electrons. The topological polar surface area (TPSA) is 107 Å². The summed E-state index contributed by atoms with van der Waals surface area (Å²) < 4.78 is 14.8. The number of carboxylic acid groups (broad SMARTS) is 1. The summed E-state index contributed by atoms with van der Waals surface area (Å²) in [5.74, 6) is 0.269. The summed E-state index contributed by atoms with van der Waals surface area (Å²) in [6.45, 7) is 0.197. The van der Waals surface area contributed by atoms with Crippen molar-refractivity contribution in [2.24, 2.45) is 5.10 Å². The van der Waals surface area contributed by atoms with E-state index in [1.807, 2.05) is 36.4 Å². The molecule has 10 heteroatoms. The van der Waals surface area contributed by atoms with Crippen molar-refractivity contribution in [1.29, 1.82) is 0 Å². The van der Waals surface area contributed by atoms with E-state index < -0.39 is 5.97 Å². The number of nitrogens with zero attached hydrogens (tertiary/aromatic N) is 3. The van der Waals surface area contributed by atoms with Gasteiger partial charge in [-0.1, -0.05) is 40.2 Å². The van der Waals surface area contributed by atoms with E-state index in [0.717, 1.165) is 15.4 Å². The summed E-state index contributed by atoms with van der Waals surface area (Å²) in [4.78, 5) is 29.5. The fourth-order valence-electron chi connectivity index (χ4n) is 4.31. The quantitative estimate of drug-likeness (QED) is 0.176. The third-order valence-electron chi connectivity index (χ3n) is 6.30. The molecule has 0 aliphatic carbocycles. The van der Waals surface area contributed by atoms with Crippen LogP contribution in [0.1, 0.15) is 21.5 Å². The molecule has 41 heavy (non-hydrogen) atoms. The number of fused-ring (bicyclic) bond motifs is 2. The van der Waals surface area contributed by atoms with Crippen LogP contribution in [0.5, 0.6) is 5.75 Å². The smallest absolute Gasteiger partial charge is 0.335 e. The molecule has 0 amide bonds. The van der Waals surface area contributed by atoms with Crippen molar-refractivity contribution in [1.82, 2.24) is 9.66 Å². The molecule has 6 rings (SSSR count). The highest BCUT2D eigenvalue weighted by Crippen LogP contribution is 2.30. The van der Waals surface area contributed by atoms with Gasteiger partial charge in [-0.2, -0.15) is 9.78 Å². The fraction of sp³-hybridized carbons (Fsp3) is 0.0323. The number of hydrogen-bond acceptors (Lipinski definition) is 6. The number of para-hydroxylation sites is 1. The Bertz CT molecular complexity index is 2050. The van der Waals surface area contributed by atoms with E-state index in [2.05, 4.69) is 37.0 Å². The normalized spacial score (nSPS) is 11.5. The zero-order valence-electron chi connectivity index (χ0n) is 21.1. The molecule has 6 aromatic rings. The second kappa shape index (κ2) is 11.1. The van der Waals surface area contributed by atoms with Crippen LogP contribution in [0.15, 0.2) is 114 Å². The van der Waals surface area contributed by atoms with Crippen LogP contribution in [0.3, 0.4) is 0 Å². The first-order chi connectivity index (χ1) is 19.9. The van der Waals surface area contributed by atoms with Crippen LogP contribution >= 0.6 is 31.9 Å². The zero-order valence-corrected chi connectivity index (χ0v) is 24.3. The number of hydrogen-bond donors (Lipinski definition) is 1. The molecule has 8 nitrogen and oxygen atoms in total. The monoisotopic (exact) mass is 671 g/mol. The van der Waals surface area contributed by atoms with E-state index in [-0.39, 0.29) is 23.6 Å². The van der Waals surface area contributed by atoms with Crippen molar-refractivity contribution in [2.45, 2.75) is 6.61 Å². The van der Waals surface area contributed by atoms with E-state index in [4.69, 9.17) is 14.1 Å². The molecule has 0 saturated heterocycles.